The largest absolute Gasteiger partial charge is 0.396 e. The van der Waals surface area contributed by atoms with Gasteiger partial charge in [-0.25, -0.2) is 0 Å². The molecule has 0 aromatic carbocycles. The molecule has 0 radical (unpaired) electrons. The molecule has 0 spiro atoms. The molecule has 0 saturated heterocycles. The SMILES string of the molecule is O=Cc1cc2c(s1)CCN(C(=O)CCCO)C2. The van der Waals surface area contributed by atoms with Gasteiger partial charge in [-0.15, -0.1) is 11.3 Å². The third kappa shape index (κ3) is 2.73. The van der Waals surface area contributed by atoms with Gasteiger partial charge in [-0.05, 0) is 24.5 Å². The summed E-state index contributed by atoms with van der Waals surface area (Å²) >= 11 is 1.52. The van der Waals surface area contributed by atoms with Crippen molar-refractivity contribution in [2.24, 2.45) is 0 Å². The first-order valence-electron chi connectivity index (χ1n) is 5.70. The van der Waals surface area contributed by atoms with E-state index in [1.165, 1.54) is 16.2 Å². The number of aliphatic hydroxyl groups is 1. The second-order valence-corrected chi connectivity index (χ2v) is 5.28. The predicted octanol–water partition coefficient (Wildman–Crippen LogP) is 1.22. The number of hydrogen-bond acceptors (Lipinski definition) is 4. The summed E-state index contributed by atoms with van der Waals surface area (Å²) in [7, 11) is 0. The molecule has 1 aliphatic heterocycles. The Bertz CT molecular complexity index is 427. The Balaban J connectivity index is 2.02. The number of fused-ring (bicyclic) bond motifs is 1. The lowest BCUT2D eigenvalue weighted by molar-refractivity contribution is -0.132. The Morgan fingerprint density at radius 1 is 1.59 bits per heavy atom. The number of hydrogen-bond donors (Lipinski definition) is 1. The van der Waals surface area contributed by atoms with E-state index in [1.54, 1.807) is 4.90 Å². The molecule has 2 rings (SSSR count). The van der Waals surface area contributed by atoms with E-state index in [1.807, 2.05) is 6.07 Å². The van der Waals surface area contributed by atoms with Gasteiger partial charge in [-0.2, -0.15) is 0 Å². The van der Waals surface area contributed by atoms with Gasteiger partial charge in [-0.3, -0.25) is 9.59 Å². The molecule has 0 aliphatic carbocycles. The molecule has 0 bridgehead atoms. The van der Waals surface area contributed by atoms with Gasteiger partial charge in [-0.1, -0.05) is 0 Å². The standard InChI is InChI=1S/C12H15NO3S/c14-5-1-2-12(16)13-4-3-11-9(7-13)6-10(8-15)17-11/h6,8,14H,1-5,7H2. The van der Waals surface area contributed by atoms with Crippen molar-refractivity contribution in [3.63, 3.8) is 0 Å². The Kier molecular flexibility index (Phi) is 3.91. The van der Waals surface area contributed by atoms with Crippen molar-refractivity contribution in [1.29, 1.82) is 0 Å². The van der Waals surface area contributed by atoms with E-state index >= 15 is 0 Å². The van der Waals surface area contributed by atoms with E-state index in [4.69, 9.17) is 5.11 Å². The smallest absolute Gasteiger partial charge is 0.222 e. The fourth-order valence-corrected chi connectivity index (χ4v) is 3.00. The lowest BCUT2D eigenvalue weighted by Gasteiger charge is -2.26. The van der Waals surface area contributed by atoms with Gasteiger partial charge in [0.25, 0.3) is 0 Å². The zero-order chi connectivity index (χ0) is 12.3. The van der Waals surface area contributed by atoms with E-state index in [9.17, 15) is 9.59 Å². The van der Waals surface area contributed by atoms with Crippen LogP contribution >= 0.6 is 11.3 Å². The topological polar surface area (TPSA) is 57.6 Å². The fourth-order valence-electron chi connectivity index (χ4n) is 2.02. The Morgan fingerprint density at radius 3 is 3.12 bits per heavy atom. The lowest BCUT2D eigenvalue weighted by atomic mass is 10.1. The lowest BCUT2D eigenvalue weighted by Crippen LogP contribution is -2.35. The quantitative estimate of drug-likeness (QED) is 0.821. The highest BCUT2D eigenvalue weighted by Gasteiger charge is 2.22. The van der Waals surface area contributed by atoms with E-state index in [0.717, 1.165) is 29.7 Å². The Labute approximate surface area is 104 Å². The van der Waals surface area contributed by atoms with Gasteiger partial charge < -0.3 is 10.0 Å². The molecule has 1 amide bonds. The van der Waals surface area contributed by atoms with Crippen LogP contribution in [0.25, 0.3) is 0 Å². The average Bonchev–Trinajstić information content (AvgIpc) is 2.77. The molecular formula is C12H15NO3S. The van der Waals surface area contributed by atoms with Crippen LogP contribution < -0.4 is 0 Å². The number of amides is 1. The van der Waals surface area contributed by atoms with Crippen molar-refractivity contribution in [3.05, 3.63) is 21.4 Å². The highest BCUT2D eigenvalue weighted by molar-refractivity contribution is 7.13. The number of nitrogens with zero attached hydrogens (tertiary/aromatic N) is 1. The van der Waals surface area contributed by atoms with Crippen molar-refractivity contribution in [2.45, 2.75) is 25.8 Å². The van der Waals surface area contributed by atoms with Crippen LogP contribution in [0.2, 0.25) is 0 Å². The summed E-state index contributed by atoms with van der Waals surface area (Å²) < 4.78 is 0. The molecule has 17 heavy (non-hydrogen) atoms. The van der Waals surface area contributed by atoms with Crippen molar-refractivity contribution in [2.75, 3.05) is 13.2 Å². The van der Waals surface area contributed by atoms with E-state index in [2.05, 4.69) is 0 Å². The van der Waals surface area contributed by atoms with Crippen molar-refractivity contribution < 1.29 is 14.7 Å². The number of carbonyl (C=O) groups is 2. The summed E-state index contributed by atoms with van der Waals surface area (Å²) in [6.07, 6.45) is 2.61. The van der Waals surface area contributed by atoms with Crippen LogP contribution in [0, 0.1) is 0 Å². The van der Waals surface area contributed by atoms with Crippen LogP contribution in [-0.2, 0) is 17.8 Å². The molecular weight excluding hydrogens is 238 g/mol. The van der Waals surface area contributed by atoms with Crippen LogP contribution in [-0.4, -0.2) is 35.4 Å². The van der Waals surface area contributed by atoms with Gasteiger partial charge >= 0.3 is 0 Å². The summed E-state index contributed by atoms with van der Waals surface area (Å²) in [6.45, 7) is 1.37. The van der Waals surface area contributed by atoms with Gasteiger partial charge in [0, 0.05) is 31.0 Å². The van der Waals surface area contributed by atoms with Gasteiger partial charge in [0.2, 0.25) is 5.91 Å². The van der Waals surface area contributed by atoms with Crippen molar-refractivity contribution in [1.82, 2.24) is 4.90 Å². The zero-order valence-corrected chi connectivity index (χ0v) is 10.3. The average molecular weight is 253 g/mol. The molecule has 4 nitrogen and oxygen atoms in total. The van der Waals surface area contributed by atoms with Gasteiger partial charge in [0.05, 0.1) is 4.88 Å². The van der Waals surface area contributed by atoms with Crippen LogP contribution in [0.15, 0.2) is 6.07 Å². The second-order valence-electron chi connectivity index (χ2n) is 4.11. The molecule has 1 N–H and O–H groups in total. The minimum Gasteiger partial charge on any atom is -0.396 e. The first-order chi connectivity index (χ1) is 8.24. The third-order valence-electron chi connectivity index (χ3n) is 2.90. The molecule has 0 unspecified atom stereocenters. The van der Waals surface area contributed by atoms with Crippen molar-refractivity contribution >= 4 is 23.5 Å². The Morgan fingerprint density at radius 2 is 2.41 bits per heavy atom. The molecule has 92 valence electrons. The maximum atomic E-state index is 11.8. The molecule has 0 atom stereocenters. The van der Waals surface area contributed by atoms with Crippen LogP contribution in [0.3, 0.4) is 0 Å². The predicted molar refractivity (Wildman–Crippen MR) is 65.1 cm³/mol. The molecule has 2 heterocycles. The van der Waals surface area contributed by atoms with E-state index in [0.29, 0.717) is 19.4 Å². The molecule has 0 fully saturated rings. The highest BCUT2D eigenvalue weighted by Crippen LogP contribution is 2.27. The van der Waals surface area contributed by atoms with E-state index < -0.39 is 0 Å². The van der Waals surface area contributed by atoms with Crippen molar-refractivity contribution in [3.8, 4) is 0 Å². The van der Waals surface area contributed by atoms with Crippen LogP contribution in [0.4, 0.5) is 0 Å². The normalized spacial score (nSPS) is 14.5. The first kappa shape index (κ1) is 12.3. The van der Waals surface area contributed by atoms with Gasteiger partial charge in [0.15, 0.2) is 6.29 Å². The minimum atomic E-state index is 0.0541. The molecule has 5 heteroatoms. The number of thiophene rings is 1. The maximum Gasteiger partial charge on any atom is 0.222 e. The summed E-state index contributed by atoms with van der Waals surface area (Å²) in [4.78, 5) is 26.2. The zero-order valence-electron chi connectivity index (χ0n) is 9.52. The second kappa shape index (κ2) is 5.42. The third-order valence-corrected chi connectivity index (χ3v) is 4.07. The highest BCUT2D eigenvalue weighted by atomic mass is 32.1. The van der Waals surface area contributed by atoms with Gasteiger partial charge in [0.1, 0.15) is 0 Å². The Hall–Kier alpha value is -1.20. The summed E-state index contributed by atoms with van der Waals surface area (Å²) in [5, 5.41) is 8.70. The molecule has 1 aromatic heterocycles. The monoisotopic (exact) mass is 253 g/mol. The number of rotatable bonds is 4. The number of aldehydes is 1. The summed E-state index contributed by atoms with van der Waals surface area (Å²) in [5.41, 5.74) is 1.10. The number of carbonyl (C=O) groups excluding carboxylic acids is 2. The van der Waals surface area contributed by atoms with Crippen LogP contribution in [0.1, 0.15) is 33.0 Å². The summed E-state index contributed by atoms with van der Waals surface area (Å²) in [6, 6.07) is 1.87. The minimum absolute atomic E-state index is 0.0541. The number of aliphatic hydroxyl groups excluding tert-OH is 1. The summed E-state index contributed by atoms with van der Waals surface area (Å²) in [5.74, 6) is 0.0866. The van der Waals surface area contributed by atoms with E-state index in [-0.39, 0.29) is 12.5 Å². The maximum absolute atomic E-state index is 11.8. The molecule has 1 aromatic rings. The first-order valence-corrected chi connectivity index (χ1v) is 6.51. The fraction of sp³-hybridized carbons (Fsp3) is 0.500. The van der Waals surface area contributed by atoms with Crippen LogP contribution in [0.5, 0.6) is 0 Å². The molecule has 1 aliphatic rings. The molecule has 0 saturated carbocycles.